The minimum absolute atomic E-state index is 0.289. The van der Waals surface area contributed by atoms with Gasteiger partial charge in [-0.05, 0) is 73.5 Å². The van der Waals surface area contributed by atoms with Gasteiger partial charge < -0.3 is 15.4 Å². The second-order valence-corrected chi connectivity index (χ2v) is 8.78. The van der Waals surface area contributed by atoms with E-state index >= 15 is 0 Å². The molecular weight excluding hydrogens is 388 g/mol. The van der Waals surface area contributed by atoms with Crippen molar-refractivity contribution in [2.45, 2.75) is 58.3 Å². The normalized spacial score (nSPS) is 14.5. The fraction of sp³-hybridized carbons (Fsp3) is 0.455. The second-order valence-electron chi connectivity index (χ2n) is 7.27. The number of benzene rings is 1. The Kier molecular flexibility index (Phi) is 7.08. The zero-order valence-electron chi connectivity index (χ0n) is 16.8. The molecule has 0 fully saturated rings. The van der Waals surface area contributed by atoms with Gasteiger partial charge in [0.1, 0.15) is 5.00 Å². The van der Waals surface area contributed by atoms with Crippen LogP contribution in [0.25, 0.3) is 0 Å². The van der Waals surface area contributed by atoms with Crippen LogP contribution in [0.4, 0.5) is 10.7 Å². The predicted molar refractivity (Wildman–Crippen MR) is 122 cm³/mol. The summed E-state index contributed by atoms with van der Waals surface area (Å²) >= 11 is 7.14. The number of carbonyl (C=O) groups excluding carboxylic acids is 1. The van der Waals surface area contributed by atoms with E-state index in [9.17, 15) is 4.79 Å². The van der Waals surface area contributed by atoms with Crippen molar-refractivity contribution in [2.75, 3.05) is 17.7 Å². The van der Waals surface area contributed by atoms with Crippen molar-refractivity contribution in [1.82, 2.24) is 0 Å². The van der Waals surface area contributed by atoms with Gasteiger partial charge in [-0.25, -0.2) is 4.79 Å². The van der Waals surface area contributed by atoms with E-state index < -0.39 is 0 Å². The molecule has 1 aromatic carbocycles. The maximum atomic E-state index is 12.4. The van der Waals surface area contributed by atoms with E-state index in [-0.39, 0.29) is 5.97 Å². The number of ether oxygens (including phenoxy) is 1. The Labute approximate surface area is 176 Å². The molecule has 1 atom stereocenters. The summed E-state index contributed by atoms with van der Waals surface area (Å²) < 4.78 is 5.05. The maximum absolute atomic E-state index is 12.4. The van der Waals surface area contributed by atoms with Gasteiger partial charge in [-0.3, -0.25) is 0 Å². The Balaban J connectivity index is 1.75. The number of fused-ring (bicyclic) bond motifs is 1. The Hall–Kier alpha value is -1.92. The third kappa shape index (κ3) is 4.73. The summed E-state index contributed by atoms with van der Waals surface area (Å²) in [4.78, 5) is 13.7. The molecule has 0 saturated heterocycles. The number of thiocarbonyl (C=S) groups is 1. The zero-order valence-corrected chi connectivity index (χ0v) is 18.4. The van der Waals surface area contributed by atoms with Crippen LogP contribution < -0.4 is 10.6 Å². The highest BCUT2D eigenvalue weighted by Gasteiger charge is 2.25. The van der Waals surface area contributed by atoms with Crippen LogP contribution in [0, 0.1) is 0 Å². The van der Waals surface area contributed by atoms with Crippen molar-refractivity contribution in [2.24, 2.45) is 0 Å². The lowest BCUT2D eigenvalue weighted by atomic mass is 9.99. The lowest BCUT2D eigenvalue weighted by molar-refractivity contribution is 0.0601. The first-order valence-electron chi connectivity index (χ1n) is 9.94. The lowest BCUT2D eigenvalue weighted by Gasteiger charge is -2.13. The average Bonchev–Trinajstić information content (AvgIpc) is 2.87. The highest BCUT2D eigenvalue weighted by atomic mass is 32.1. The molecule has 6 heteroatoms. The number of carbonyl (C=O) groups is 1. The van der Waals surface area contributed by atoms with Gasteiger partial charge in [-0.2, -0.15) is 0 Å². The molecule has 1 unspecified atom stereocenters. The van der Waals surface area contributed by atoms with E-state index in [0.717, 1.165) is 41.9 Å². The Morgan fingerprint density at radius 1 is 1.18 bits per heavy atom. The minimum Gasteiger partial charge on any atom is -0.465 e. The second kappa shape index (κ2) is 9.52. The van der Waals surface area contributed by atoms with Crippen LogP contribution in [-0.2, 0) is 17.6 Å². The van der Waals surface area contributed by atoms with Crippen LogP contribution >= 0.6 is 23.6 Å². The van der Waals surface area contributed by atoms with Gasteiger partial charge in [0.05, 0.1) is 12.7 Å². The molecule has 0 saturated carbocycles. The summed E-state index contributed by atoms with van der Waals surface area (Å²) in [6.45, 7) is 4.42. The summed E-state index contributed by atoms with van der Waals surface area (Å²) in [6, 6.07) is 8.35. The first kappa shape index (κ1) is 20.8. The fourth-order valence-corrected chi connectivity index (χ4v) is 5.11. The van der Waals surface area contributed by atoms with Crippen LogP contribution in [0.15, 0.2) is 24.3 Å². The van der Waals surface area contributed by atoms with Gasteiger partial charge in [-0.1, -0.05) is 32.4 Å². The van der Waals surface area contributed by atoms with E-state index in [1.54, 1.807) is 11.3 Å². The molecular formula is C22H28N2O2S2. The molecule has 3 rings (SSSR count). The molecule has 0 bridgehead atoms. The van der Waals surface area contributed by atoms with Crippen molar-refractivity contribution in [3.05, 3.63) is 45.8 Å². The smallest absolute Gasteiger partial charge is 0.341 e. The number of thiophene rings is 1. The first-order valence-corrected chi connectivity index (χ1v) is 11.2. The lowest BCUT2D eigenvalue weighted by Crippen LogP contribution is -2.20. The first-order chi connectivity index (χ1) is 13.5. The standard InChI is InChI=1S/C22H28N2O2S2/c1-4-14(2)15-10-12-16(13-11-15)23-22(27)24-20-19(21(25)26-3)17-8-6-5-7-9-18(17)28-20/h10-14H,4-9H2,1-3H3,(H2,23,24,27). The van der Waals surface area contributed by atoms with Crippen LogP contribution in [0.5, 0.6) is 0 Å². The van der Waals surface area contributed by atoms with E-state index in [0.29, 0.717) is 16.6 Å². The van der Waals surface area contributed by atoms with Gasteiger partial charge >= 0.3 is 5.97 Å². The zero-order chi connectivity index (χ0) is 20.1. The molecule has 150 valence electrons. The van der Waals surface area contributed by atoms with Crippen LogP contribution in [0.1, 0.15) is 71.8 Å². The largest absolute Gasteiger partial charge is 0.465 e. The Morgan fingerprint density at radius 2 is 1.89 bits per heavy atom. The molecule has 1 aliphatic carbocycles. The van der Waals surface area contributed by atoms with Crippen molar-refractivity contribution in [1.29, 1.82) is 0 Å². The van der Waals surface area contributed by atoms with E-state index in [4.69, 9.17) is 17.0 Å². The Bertz CT molecular complexity index is 843. The molecule has 0 amide bonds. The van der Waals surface area contributed by atoms with Crippen molar-refractivity contribution in [3.63, 3.8) is 0 Å². The molecule has 2 aromatic rings. The summed E-state index contributed by atoms with van der Waals surface area (Å²) in [7, 11) is 1.43. The molecule has 0 spiro atoms. The van der Waals surface area contributed by atoms with E-state index in [1.165, 1.54) is 30.4 Å². The average molecular weight is 417 g/mol. The molecule has 1 heterocycles. The number of anilines is 2. The number of nitrogens with one attached hydrogen (secondary N) is 2. The topological polar surface area (TPSA) is 50.4 Å². The van der Waals surface area contributed by atoms with Crippen molar-refractivity contribution in [3.8, 4) is 0 Å². The third-order valence-electron chi connectivity index (χ3n) is 5.39. The SMILES string of the molecule is CCC(C)c1ccc(NC(=S)Nc2sc3c(c2C(=O)OC)CCCCC3)cc1. The van der Waals surface area contributed by atoms with Gasteiger partial charge in [0, 0.05) is 10.6 Å². The third-order valence-corrected chi connectivity index (χ3v) is 6.80. The summed E-state index contributed by atoms with van der Waals surface area (Å²) in [5.74, 6) is 0.255. The van der Waals surface area contributed by atoms with Gasteiger partial charge in [0.2, 0.25) is 0 Å². The van der Waals surface area contributed by atoms with Gasteiger partial charge in [0.25, 0.3) is 0 Å². The maximum Gasteiger partial charge on any atom is 0.341 e. The fourth-order valence-electron chi connectivity index (χ4n) is 3.54. The number of hydrogen-bond donors (Lipinski definition) is 2. The molecule has 1 aromatic heterocycles. The highest BCUT2D eigenvalue weighted by Crippen LogP contribution is 2.38. The van der Waals surface area contributed by atoms with Crippen molar-refractivity contribution >= 4 is 45.3 Å². The van der Waals surface area contributed by atoms with Gasteiger partial charge in [0.15, 0.2) is 5.11 Å². The number of methoxy groups -OCH3 is 1. The molecule has 0 radical (unpaired) electrons. The van der Waals surface area contributed by atoms with Crippen LogP contribution in [0.2, 0.25) is 0 Å². The molecule has 4 nitrogen and oxygen atoms in total. The number of aryl methyl sites for hydroxylation is 1. The predicted octanol–water partition coefficient (Wildman–Crippen LogP) is 6.13. The molecule has 1 aliphatic rings. The van der Waals surface area contributed by atoms with Gasteiger partial charge in [-0.15, -0.1) is 11.3 Å². The summed E-state index contributed by atoms with van der Waals surface area (Å²) in [5, 5.41) is 7.73. The number of esters is 1. The number of hydrogen-bond acceptors (Lipinski definition) is 4. The summed E-state index contributed by atoms with van der Waals surface area (Å²) in [6.07, 6.45) is 6.54. The molecule has 0 aliphatic heterocycles. The van der Waals surface area contributed by atoms with E-state index in [2.05, 4.69) is 36.6 Å². The quantitative estimate of drug-likeness (QED) is 0.349. The van der Waals surface area contributed by atoms with E-state index in [1.807, 2.05) is 12.1 Å². The molecule has 28 heavy (non-hydrogen) atoms. The van der Waals surface area contributed by atoms with Crippen molar-refractivity contribution < 1.29 is 9.53 Å². The summed E-state index contributed by atoms with van der Waals surface area (Å²) in [5.41, 5.74) is 4.04. The molecule has 2 N–H and O–H groups in total. The minimum atomic E-state index is -0.289. The van der Waals surface area contributed by atoms with Crippen LogP contribution in [-0.4, -0.2) is 18.2 Å². The Morgan fingerprint density at radius 3 is 2.57 bits per heavy atom. The van der Waals surface area contributed by atoms with Crippen LogP contribution in [0.3, 0.4) is 0 Å². The monoisotopic (exact) mass is 416 g/mol. The number of rotatable bonds is 5. The highest BCUT2D eigenvalue weighted by molar-refractivity contribution is 7.80.